The summed E-state index contributed by atoms with van der Waals surface area (Å²) in [4.78, 5) is 10.5. The van der Waals surface area contributed by atoms with Crippen LogP contribution in [0, 0.1) is 0 Å². The molecule has 17 heavy (non-hydrogen) atoms. The molecule has 0 unspecified atom stereocenters. The largest absolute Gasteiger partial charge is 0.298 e. The molecule has 2 aromatic rings. The summed E-state index contributed by atoms with van der Waals surface area (Å²) in [7, 11) is 0. The van der Waals surface area contributed by atoms with Crippen molar-refractivity contribution in [3.63, 3.8) is 0 Å². The van der Waals surface area contributed by atoms with Crippen molar-refractivity contribution in [3.8, 4) is 0 Å². The van der Waals surface area contributed by atoms with Crippen LogP contribution in [-0.2, 0) is 0 Å². The monoisotopic (exact) mass is 242 g/mol. The molecule has 0 heterocycles. The average Bonchev–Trinajstić information content (AvgIpc) is 2.40. The van der Waals surface area contributed by atoms with Crippen molar-refractivity contribution in [1.82, 2.24) is 0 Å². The van der Waals surface area contributed by atoms with Crippen LogP contribution in [0.15, 0.2) is 54.6 Å². The molecule has 0 bridgehead atoms. The van der Waals surface area contributed by atoms with Gasteiger partial charge in [0.25, 0.3) is 0 Å². The van der Waals surface area contributed by atoms with Crippen LogP contribution in [0.5, 0.6) is 0 Å². The first-order valence-corrected chi connectivity index (χ1v) is 5.65. The molecule has 84 valence electrons. The third-order valence-electron chi connectivity index (χ3n) is 2.42. The van der Waals surface area contributed by atoms with Gasteiger partial charge in [-0.1, -0.05) is 66.2 Å². The van der Waals surface area contributed by atoms with Crippen molar-refractivity contribution in [1.29, 1.82) is 0 Å². The zero-order valence-electron chi connectivity index (χ0n) is 9.14. The minimum atomic E-state index is 0.665. The first-order chi connectivity index (χ1) is 8.29. The predicted octanol–water partition coefficient (Wildman–Crippen LogP) is 4.24. The van der Waals surface area contributed by atoms with Gasteiger partial charge in [-0.15, -0.1) is 0 Å². The van der Waals surface area contributed by atoms with Crippen LogP contribution in [0.2, 0.25) is 0 Å². The molecule has 2 rings (SSSR count). The van der Waals surface area contributed by atoms with Crippen molar-refractivity contribution in [2.24, 2.45) is 0 Å². The van der Waals surface area contributed by atoms with Crippen molar-refractivity contribution in [2.75, 3.05) is 0 Å². The topological polar surface area (TPSA) is 17.1 Å². The smallest absolute Gasteiger partial charge is 0.150 e. The molecule has 0 fully saturated rings. The Labute approximate surface area is 105 Å². The van der Waals surface area contributed by atoms with Crippen LogP contribution in [-0.4, -0.2) is 6.29 Å². The van der Waals surface area contributed by atoms with Gasteiger partial charge in [0.2, 0.25) is 0 Å². The molecule has 0 aliphatic rings. The molecule has 0 aliphatic heterocycles. The van der Waals surface area contributed by atoms with Crippen LogP contribution >= 0.6 is 11.6 Å². The molecule has 0 aromatic heterocycles. The summed E-state index contributed by atoms with van der Waals surface area (Å²) >= 11 is 6.21. The van der Waals surface area contributed by atoms with Crippen LogP contribution in [0.3, 0.4) is 0 Å². The molecule has 0 atom stereocenters. The van der Waals surface area contributed by atoms with Crippen LogP contribution in [0.25, 0.3) is 11.1 Å². The lowest BCUT2D eigenvalue weighted by atomic mass is 10.1. The highest BCUT2D eigenvalue weighted by atomic mass is 35.5. The fourth-order valence-electron chi connectivity index (χ4n) is 1.50. The normalized spacial score (nSPS) is 11.2. The second-order valence-electron chi connectivity index (χ2n) is 3.64. The Morgan fingerprint density at radius 3 is 2.06 bits per heavy atom. The molecule has 0 spiro atoms. The quantitative estimate of drug-likeness (QED) is 0.581. The van der Waals surface area contributed by atoms with Gasteiger partial charge in [-0.05, 0) is 17.2 Å². The third kappa shape index (κ3) is 3.05. The van der Waals surface area contributed by atoms with Gasteiger partial charge in [0.15, 0.2) is 0 Å². The van der Waals surface area contributed by atoms with Crippen molar-refractivity contribution < 1.29 is 4.79 Å². The molecule has 0 aliphatic carbocycles. The van der Waals surface area contributed by atoms with E-state index in [0.717, 1.165) is 17.4 Å². The van der Waals surface area contributed by atoms with E-state index in [1.54, 1.807) is 12.1 Å². The summed E-state index contributed by atoms with van der Waals surface area (Å²) < 4.78 is 0. The first kappa shape index (κ1) is 11.6. The van der Waals surface area contributed by atoms with Crippen molar-refractivity contribution in [3.05, 3.63) is 71.3 Å². The van der Waals surface area contributed by atoms with Gasteiger partial charge in [-0.3, -0.25) is 4.79 Å². The number of rotatable bonds is 3. The highest BCUT2D eigenvalue weighted by molar-refractivity contribution is 6.51. The van der Waals surface area contributed by atoms with E-state index in [9.17, 15) is 4.79 Å². The summed E-state index contributed by atoms with van der Waals surface area (Å²) in [5, 5.41) is 0.685. The molecule has 0 saturated carbocycles. The van der Waals surface area contributed by atoms with Crippen molar-refractivity contribution in [2.45, 2.75) is 0 Å². The fourth-order valence-corrected chi connectivity index (χ4v) is 1.75. The highest BCUT2D eigenvalue weighted by Crippen LogP contribution is 2.21. The lowest BCUT2D eigenvalue weighted by Gasteiger charge is -1.99. The molecular formula is C15H11ClO. The first-order valence-electron chi connectivity index (χ1n) is 5.27. The second-order valence-corrected chi connectivity index (χ2v) is 4.05. The molecular weight excluding hydrogens is 232 g/mol. The zero-order chi connectivity index (χ0) is 12.1. The minimum absolute atomic E-state index is 0.665. The Hall–Kier alpha value is -1.86. The summed E-state index contributed by atoms with van der Waals surface area (Å²) in [5.74, 6) is 0. The number of hydrogen-bond acceptors (Lipinski definition) is 1. The minimum Gasteiger partial charge on any atom is -0.298 e. The maximum Gasteiger partial charge on any atom is 0.150 e. The Morgan fingerprint density at radius 2 is 1.47 bits per heavy atom. The van der Waals surface area contributed by atoms with E-state index in [1.165, 1.54) is 0 Å². The lowest BCUT2D eigenvalue weighted by Crippen LogP contribution is -1.80. The summed E-state index contributed by atoms with van der Waals surface area (Å²) in [6, 6.07) is 17.0. The number of carbonyl (C=O) groups excluding carboxylic acids is 1. The Bertz CT molecular complexity index is 527. The van der Waals surface area contributed by atoms with Gasteiger partial charge < -0.3 is 0 Å². The van der Waals surface area contributed by atoms with E-state index in [1.807, 2.05) is 48.5 Å². The van der Waals surface area contributed by atoms with Crippen LogP contribution in [0.1, 0.15) is 21.5 Å². The number of aldehydes is 1. The van der Waals surface area contributed by atoms with E-state index in [0.29, 0.717) is 10.6 Å². The molecule has 0 N–H and O–H groups in total. The number of benzene rings is 2. The Balaban J connectivity index is 2.26. The van der Waals surface area contributed by atoms with Gasteiger partial charge in [0.05, 0.1) is 0 Å². The van der Waals surface area contributed by atoms with E-state index in [2.05, 4.69) is 0 Å². The Morgan fingerprint density at radius 1 is 0.882 bits per heavy atom. The molecule has 0 saturated heterocycles. The molecule has 2 heteroatoms. The maximum atomic E-state index is 10.5. The molecule has 1 nitrogen and oxygen atoms in total. The number of halogens is 1. The van der Waals surface area contributed by atoms with E-state index in [4.69, 9.17) is 11.6 Å². The predicted molar refractivity (Wildman–Crippen MR) is 72.0 cm³/mol. The maximum absolute atomic E-state index is 10.5. The molecule has 0 amide bonds. The van der Waals surface area contributed by atoms with Gasteiger partial charge in [0, 0.05) is 10.6 Å². The summed E-state index contributed by atoms with van der Waals surface area (Å²) in [6.45, 7) is 0. The molecule has 2 aromatic carbocycles. The lowest BCUT2D eigenvalue weighted by molar-refractivity contribution is 0.112. The number of hydrogen-bond donors (Lipinski definition) is 0. The van der Waals surface area contributed by atoms with E-state index >= 15 is 0 Å². The van der Waals surface area contributed by atoms with Crippen molar-refractivity contribution >= 4 is 29.0 Å². The summed E-state index contributed by atoms with van der Waals surface area (Å²) in [5.41, 5.74) is 2.62. The van der Waals surface area contributed by atoms with Crippen LogP contribution in [0.4, 0.5) is 0 Å². The highest BCUT2D eigenvalue weighted by Gasteiger charge is 1.97. The number of carbonyl (C=O) groups is 1. The fraction of sp³-hybridized carbons (Fsp3) is 0. The van der Waals surface area contributed by atoms with E-state index < -0.39 is 0 Å². The SMILES string of the molecule is O=Cc1ccc(C=C(Cl)c2ccccc2)cc1. The molecule has 0 radical (unpaired) electrons. The van der Waals surface area contributed by atoms with Gasteiger partial charge in [-0.25, -0.2) is 0 Å². The average molecular weight is 243 g/mol. The van der Waals surface area contributed by atoms with Gasteiger partial charge in [-0.2, -0.15) is 0 Å². The van der Waals surface area contributed by atoms with Gasteiger partial charge in [0.1, 0.15) is 6.29 Å². The zero-order valence-corrected chi connectivity index (χ0v) is 9.89. The Kier molecular flexibility index (Phi) is 3.73. The second kappa shape index (κ2) is 5.46. The standard InChI is InChI=1S/C15H11ClO/c16-15(14-4-2-1-3-5-14)10-12-6-8-13(11-17)9-7-12/h1-11H. The van der Waals surface area contributed by atoms with Crippen LogP contribution < -0.4 is 0 Å². The van der Waals surface area contributed by atoms with E-state index in [-0.39, 0.29) is 0 Å². The third-order valence-corrected chi connectivity index (χ3v) is 2.74. The summed E-state index contributed by atoms with van der Waals surface area (Å²) in [6.07, 6.45) is 2.71. The van der Waals surface area contributed by atoms with Gasteiger partial charge >= 0.3 is 0 Å².